The van der Waals surface area contributed by atoms with Crippen LogP contribution < -0.4 is 0 Å². The second-order valence-electron chi connectivity index (χ2n) is 7.92. The maximum atomic E-state index is 11.0. The standard InChI is InChI=1S/C16H30N2O2/c1-15(2,3)4-9-17-10-5-16(6-11-17)7-12-18(13-8-16)14(19)20/h4-13H2,1-3H3,(H,19,20). The van der Waals surface area contributed by atoms with Gasteiger partial charge in [0.15, 0.2) is 0 Å². The molecule has 0 radical (unpaired) electrons. The lowest BCUT2D eigenvalue weighted by Crippen LogP contribution is -2.48. The molecule has 0 aromatic rings. The van der Waals surface area contributed by atoms with E-state index in [2.05, 4.69) is 25.7 Å². The summed E-state index contributed by atoms with van der Waals surface area (Å²) in [6.45, 7) is 12.0. The van der Waals surface area contributed by atoms with Crippen LogP contribution in [-0.2, 0) is 0 Å². The second-order valence-corrected chi connectivity index (χ2v) is 7.92. The summed E-state index contributed by atoms with van der Waals surface area (Å²) in [7, 11) is 0. The summed E-state index contributed by atoms with van der Waals surface area (Å²) in [4.78, 5) is 15.2. The summed E-state index contributed by atoms with van der Waals surface area (Å²) in [5, 5.41) is 9.03. The zero-order chi connectivity index (χ0) is 14.8. The van der Waals surface area contributed by atoms with Gasteiger partial charge in [0.2, 0.25) is 0 Å². The van der Waals surface area contributed by atoms with Crippen molar-refractivity contribution in [2.45, 2.75) is 52.9 Å². The summed E-state index contributed by atoms with van der Waals surface area (Å²) < 4.78 is 0. The molecule has 0 aromatic carbocycles. The van der Waals surface area contributed by atoms with Gasteiger partial charge in [0.05, 0.1) is 0 Å². The largest absolute Gasteiger partial charge is 0.465 e. The summed E-state index contributed by atoms with van der Waals surface area (Å²) in [5.41, 5.74) is 0.853. The highest BCUT2D eigenvalue weighted by Crippen LogP contribution is 2.41. The third-order valence-corrected chi connectivity index (χ3v) is 5.19. The van der Waals surface area contributed by atoms with Crippen molar-refractivity contribution in [2.75, 3.05) is 32.7 Å². The van der Waals surface area contributed by atoms with Crippen molar-refractivity contribution in [3.8, 4) is 0 Å². The Morgan fingerprint density at radius 2 is 1.55 bits per heavy atom. The number of hydrogen-bond acceptors (Lipinski definition) is 2. The fourth-order valence-electron chi connectivity index (χ4n) is 3.42. The van der Waals surface area contributed by atoms with E-state index in [-0.39, 0.29) is 0 Å². The van der Waals surface area contributed by atoms with E-state index >= 15 is 0 Å². The van der Waals surface area contributed by atoms with Crippen LogP contribution in [0.5, 0.6) is 0 Å². The Bertz CT molecular complexity index is 331. The van der Waals surface area contributed by atoms with Gasteiger partial charge in [-0.1, -0.05) is 20.8 Å². The van der Waals surface area contributed by atoms with Crippen molar-refractivity contribution in [1.82, 2.24) is 9.80 Å². The maximum absolute atomic E-state index is 11.0. The van der Waals surface area contributed by atoms with E-state index in [1.165, 1.54) is 38.9 Å². The SMILES string of the molecule is CC(C)(C)CCN1CCC2(CC1)CCN(C(=O)O)CC2. The Hall–Kier alpha value is -0.770. The fraction of sp³-hybridized carbons (Fsp3) is 0.938. The molecule has 1 spiro atoms. The van der Waals surface area contributed by atoms with E-state index in [4.69, 9.17) is 5.11 Å². The number of rotatable bonds is 2. The molecule has 2 heterocycles. The summed E-state index contributed by atoms with van der Waals surface area (Å²) >= 11 is 0. The number of hydrogen-bond donors (Lipinski definition) is 1. The highest BCUT2D eigenvalue weighted by atomic mass is 16.4. The molecule has 1 amide bonds. The number of amides is 1. The highest BCUT2D eigenvalue weighted by molar-refractivity contribution is 5.65. The van der Waals surface area contributed by atoms with Crippen molar-refractivity contribution in [3.05, 3.63) is 0 Å². The molecule has 2 aliphatic heterocycles. The van der Waals surface area contributed by atoms with Gasteiger partial charge in [-0.25, -0.2) is 4.79 Å². The monoisotopic (exact) mass is 282 g/mol. The lowest BCUT2D eigenvalue weighted by Gasteiger charge is -2.46. The Labute approximate surface area is 123 Å². The molecule has 2 saturated heterocycles. The smallest absolute Gasteiger partial charge is 0.407 e. The number of carbonyl (C=O) groups is 1. The number of carboxylic acid groups (broad SMARTS) is 1. The Morgan fingerprint density at radius 3 is 2.00 bits per heavy atom. The molecular weight excluding hydrogens is 252 g/mol. The first-order chi connectivity index (χ1) is 9.30. The average Bonchev–Trinajstić information content (AvgIpc) is 2.38. The van der Waals surface area contributed by atoms with Crippen molar-refractivity contribution >= 4 is 6.09 Å². The third-order valence-electron chi connectivity index (χ3n) is 5.19. The van der Waals surface area contributed by atoms with Crippen LogP contribution in [0.25, 0.3) is 0 Å². The molecule has 0 bridgehead atoms. The van der Waals surface area contributed by atoms with Gasteiger partial charge in [-0.2, -0.15) is 0 Å². The van der Waals surface area contributed by atoms with Gasteiger partial charge in [0.25, 0.3) is 0 Å². The molecule has 4 nitrogen and oxygen atoms in total. The molecule has 116 valence electrons. The van der Waals surface area contributed by atoms with E-state index < -0.39 is 6.09 Å². The van der Waals surface area contributed by atoms with E-state index in [9.17, 15) is 4.79 Å². The van der Waals surface area contributed by atoms with Crippen LogP contribution in [-0.4, -0.2) is 53.7 Å². The topological polar surface area (TPSA) is 43.8 Å². The van der Waals surface area contributed by atoms with Crippen molar-refractivity contribution in [2.24, 2.45) is 10.8 Å². The van der Waals surface area contributed by atoms with Crippen LogP contribution in [0.2, 0.25) is 0 Å². The van der Waals surface area contributed by atoms with Gasteiger partial charge >= 0.3 is 6.09 Å². The normalized spacial score (nSPS) is 24.1. The molecule has 1 N–H and O–H groups in total. The fourth-order valence-corrected chi connectivity index (χ4v) is 3.42. The van der Waals surface area contributed by atoms with Gasteiger partial charge in [-0.05, 0) is 62.6 Å². The molecule has 0 aromatic heterocycles. The van der Waals surface area contributed by atoms with Crippen LogP contribution in [0.3, 0.4) is 0 Å². The predicted molar refractivity (Wildman–Crippen MR) is 81.0 cm³/mol. The van der Waals surface area contributed by atoms with Gasteiger partial charge in [-0.15, -0.1) is 0 Å². The second kappa shape index (κ2) is 5.92. The molecule has 2 fully saturated rings. The molecule has 0 saturated carbocycles. The number of nitrogens with zero attached hydrogens (tertiary/aromatic N) is 2. The minimum atomic E-state index is -0.748. The van der Waals surface area contributed by atoms with E-state index in [0.717, 1.165) is 25.9 Å². The molecule has 0 unspecified atom stereocenters. The summed E-state index contributed by atoms with van der Waals surface area (Å²) in [6, 6.07) is 0. The average molecular weight is 282 g/mol. The highest BCUT2D eigenvalue weighted by Gasteiger charge is 2.38. The first-order valence-corrected chi connectivity index (χ1v) is 8.00. The molecule has 2 rings (SSSR count). The van der Waals surface area contributed by atoms with Crippen molar-refractivity contribution < 1.29 is 9.90 Å². The van der Waals surface area contributed by atoms with Gasteiger partial charge in [0.1, 0.15) is 0 Å². The lowest BCUT2D eigenvalue weighted by atomic mass is 9.71. The van der Waals surface area contributed by atoms with Crippen molar-refractivity contribution in [1.29, 1.82) is 0 Å². The lowest BCUT2D eigenvalue weighted by molar-refractivity contribution is 0.0337. The molecular formula is C16H30N2O2. The molecule has 2 aliphatic rings. The minimum Gasteiger partial charge on any atom is -0.465 e. The number of piperidine rings is 2. The molecule has 4 heteroatoms. The zero-order valence-electron chi connectivity index (χ0n) is 13.3. The van der Waals surface area contributed by atoms with Crippen LogP contribution >= 0.6 is 0 Å². The Kier molecular flexibility index (Phi) is 4.62. The first-order valence-electron chi connectivity index (χ1n) is 8.00. The first kappa shape index (κ1) is 15.6. The Balaban J connectivity index is 1.76. The summed E-state index contributed by atoms with van der Waals surface area (Å²) in [5.74, 6) is 0. The van der Waals surface area contributed by atoms with Gasteiger partial charge in [-0.3, -0.25) is 0 Å². The number of likely N-dealkylation sites (tertiary alicyclic amines) is 2. The van der Waals surface area contributed by atoms with Crippen LogP contribution in [0, 0.1) is 10.8 Å². The third kappa shape index (κ3) is 4.11. The maximum Gasteiger partial charge on any atom is 0.407 e. The minimum absolute atomic E-state index is 0.419. The van der Waals surface area contributed by atoms with Gasteiger partial charge in [0, 0.05) is 13.1 Å². The summed E-state index contributed by atoms with van der Waals surface area (Å²) in [6.07, 6.45) is 5.14. The Morgan fingerprint density at radius 1 is 1.05 bits per heavy atom. The van der Waals surface area contributed by atoms with Crippen molar-refractivity contribution in [3.63, 3.8) is 0 Å². The molecule has 0 aliphatic carbocycles. The van der Waals surface area contributed by atoms with Crippen LogP contribution in [0.1, 0.15) is 52.9 Å². The van der Waals surface area contributed by atoms with E-state index in [1.807, 2.05) is 0 Å². The molecule has 0 atom stereocenters. The van der Waals surface area contributed by atoms with Crippen LogP contribution in [0.15, 0.2) is 0 Å². The van der Waals surface area contributed by atoms with Gasteiger partial charge < -0.3 is 14.9 Å². The quantitative estimate of drug-likeness (QED) is 0.845. The molecule has 20 heavy (non-hydrogen) atoms. The zero-order valence-corrected chi connectivity index (χ0v) is 13.3. The predicted octanol–water partition coefficient (Wildman–Crippen LogP) is 3.28. The van der Waals surface area contributed by atoms with E-state index in [1.54, 1.807) is 4.90 Å². The van der Waals surface area contributed by atoms with Crippen LogP contribution in [0.4, 0.5) is 4.79 Å². The van der Waals surface area contributed by atoms with E-state index in [0.29, 0.717) is 10.8 Å².